The van der Waals surface area contributed by atoms with Crippen molar-refractivity contribution >= 4 is 11.9 Å². The number of hydrogen-bond acceptors (Lipinski definition) is 4. The van der Waals surface area contributed by atoms with E-state index in [0.717, 1.165) is 0 Å². The summed E-state index contributed by atoms with van der Waals surface area (Å²) in [7, 11) is 1.77. The van der Waals surface area contributed by atoms with Crippen molar-refractivity contribution in [2.45, 2.75) is 26.7 Å². The second kappa shape index (κ2) is 5.61. The molecule has 0 saturated heterocycles. The van der Waals surface area contributed by atoms with E-state index in [-0.39, 0.29) is 12.3 Å². The third kappa shape index (κ3) is 4.15. The first-order chi connectivity index (χ1) is 8.31. The lowest BCUT2D eigenvalue weighted by Crippen LogP contribution is -2.34. The lowest BCUT2D eigenvalue weighted by Gasteiger charge is -2.17. The minimum absolute atomic E-state index is 0.0437. The van der Waals surface area contributed by atoms with Gasteiger partial charge < -0.3 is 10.4 Å². The zero-order chi connectivity index (χ0) is 13.8. The van der Waals surface area contributed by atoms with Gasteiger partial charge in [-0.3, -0.25) is 14.3 Å². The average Bonchev–Trinajstić information content (AvgIpc) is 2.63. The molecule has 1 heterocycles. The number of carboxylic acid groups (broad SMARTS) is 1. The van der Waals surface area contributed by atoms with Crippen LogP contribution in [0.1, 0.15) is 26.1 Å². The number of aryl methyl sites for hydroxylation is 1. The van der Waals surface area contributed by atoms with Gasteiger partial charge in [-0.15, -0.1) is 0 Å². The molecule has 18 heavy (non-hydrogen) atoms. The van der Waals surface area contributed by atoms with E-state index in [1.54, 1.807) is 18.1 Å². The Hall–Kier alpha value is -1.92. The molecule has 0 aliphatic carbocycles. The zero-order valence-corrected chi connectivity index (χ0v) is 10.8. The Morgan fingerprint density at radius 1 is 1.50 bits per heavy atom. The third-order valence-corrected chi connectivity index (χ3v) is 2.50. The van der Waals surface area contributed by atoms with E-state index in [4.69, 9.17) is 5.11 Å². The largest absolute Gasteiger partial charge is 0.481 e. The van der Waals surface area contributed by atoms with E-state index < -0.39 is 11.4 Å². The first kappa shape index (κ1) is 14.1. The molecule has 0 unspecified atom stereocenters. The zero-order valence-electron chi connectivity index (χ0n) is 10.8. The third-order valence-electron chi connectivity index (χ3n) is 2.50. The summed E-state index contributed by atoms with van der Waals surface area (Å²) >= 11 is 0. The van der Waals surface area contributed by atoms with Gasteiger partial charge in [0, 0.05) is 26.4 Å². The van der Waals surface area contributed by atoms with Crippen molar-refractivity contribution in [1.29, 1.82) is 0 Å². The van der Waals surface area contributed by atoms with E-state index in [2.05, 4.69) is 15.4 Å². The Morgan fingerprint density at radius 3 is 2.67 bits per heavy atom. The summed E-state index contributed by atoms with van der Waals surface area (Å²) < 4.78 is 1.59. The fraction of sp³-hybridized carbons (Fsp3) is 0.636. The molecule has 1 aromatic heterocycles. The molecule has 0 atom stereocenters. The molecule has 0 aromatic carbocycles. The van der Waals surface area contributed by atoms with Gasteiger partial charge in [0.15, 0.2) is 5.82 Å². The highest BCUT2D eigenvalue weighted by atomic mass is 16.4. The highest BCUT2D eigenvalue weighted by Crippen LogP contribution is 2.19. The summed E-state index contributed by atoms with van der Waals surface area (Å²) in [6, 6.07) is 0. The molecular weight excluding hydrogens is 236 g/mol. The topological polar surface area (TPSA) is 97.1 Å². The predicted octanol–water partition coefficient (Wildman–Crippen LogP) is -0.0253. The van der Waals surface area contributed by atoms with Gasteiger partial charge in [0.25, 0.3) is 0 Å². The van der Waals surface area contributed by atoms with Crippen LogP contribution in [-0.2, 0) is 23.1 Å². The van der Waals surface area contributed by atoms with Gasteiger partial charge in [-0.25, -0.2) is 4.98 Å². The molecular formula is C11H18N4O3. The van der Waals surface area contributed by atoms with Crippen LogP contribution in [0.25, 0.3) is 0 Å². The number of nitrogens with zero attached hydrogens (tertiary/aromatic N) is 3. The monoisotopic (exact) mass is 254 g/mol. The van der Waals surface area contributed by atoms with Gasteiger partial charge in [0.1, 0.15) is 6.33 Å². The summed E-state index contributed by atoms with van der Waals surface area (Å²) in [5, 5.41) is 15.6. The van der Waals surface area contributed by atoms with Crippen molar-refractivity contribution in [2.75, 3.05) is 6.54 Å². The first-order valence-corrected chi connectivity index (χ1v) is 5.66. The van der Waals surface area contributed by atoms with Gasteiger partial charge in [-0.2, -0.15) is 5.10 Å². The van der Waals surface area contributed by atoms with Crippen LogP contribution in [0.2, 0.25) is 0 Å². The minimum atomic E-state index is -1.05. The number of rotatable bonds is 6. The molecule has 100 valence electrons. The van der Waals surface area contributed by atoms with Crippen LogP contribution in [0, 0.1) is 5.41 Å². The quantitative estimate of drug-likeness (QED) is 0.743. The second-order valence-corrected chi connectivity index (χ2v) is 4.80. The Labute approximate surface area is 105 Å². The molecule has 0 radical (unpaired) electrons. The number of nitrogens with one attached hydrogen (secondary N) is 1. The van der Waals surface area contributed by atoms with Crippen molar-refractivity contribution in [1.82, 2.24) is 20.1 Å². The normalized spacial score (nSPS) is 11.3. The Balaban J connectivity index is 2.32. The molecule has 0 aliphatic rings. The van der Waals surface area contributed by atoms with Crippen molar-refractivity contribution < 1.29 is 14.7 Å². The number of carbonyl (C=O) groups is 2. The molecule has 1 amide bonds. The lowest BCUT2D eigenvalue weighted by atomic mass is 9.89. The Kier molecular flexibility index (Phi) is 4.41. The number of aliphatic carboxylic acids is 1. The van der Waals surface area contributed by atoms with Crippen LogP contribution in [0.4, 0.5) is 0 Å². The van der Waals surface area contributed by atoms with Crippen LogP contribution >= 0.6 is 0 Å². The fourth-order valence-electron chi connectivity index (χ4n) is 1.35. The molecule has 7 heteroatoms. The molecule has 0 saturated carbocycles. The van der Waals surface area contributed by atoms with Gasteiger partial charge in [-0.1, -0.05) is 0 Å². The van der Waals surface area contributed by atoms with E-state index in [0.29, 0.717) is 18.8 Å². The molecule has 7 nitrogen and oxygen atoms in total. The SMILES string of the molecule is Cn1cnc(CCNC(=O)CC(C)(C)C(=O)O)n1. The van der Waals surface area contributed by atoms with Gasteiger partial charge in [0.2, 0.25) is 5.91 Å². The van der Waals surface area contributed by atoms with Crippen molar-refractivity contribution in [2.24, 2.45) is 12.5 Å². The first-order valence-electron chi connectivity index (χ1n) is 5.66. The van der Waals surface area contributed by atoms with Gasteiger partial charge >= 0.3 is 5.97 Å². The number of carboxylic acids is 1. The number of hydrogen-bond donors (Lipinski definition) is 2. The summed E-state index contributed by atoms with van der Waals surface area (Å²) in [6.07, 6.45) is 2.07. The molecule has 0 aliphatic heterocycles. The van der Waals surface area contributed by atoms with Crippen LogP contribution in [-0.4, -0.2) is 38.3 Å². The molecule has 1 rings (SSSR count). The number of carbonyl (C=O) groups excluding carboxylic acids is 1. The van der Waals surface area contributed by atoms with Crippen molar-refractivity contribution in [3.63, 3.8) is 0 Å². The van der Waals surface area contributed by atoms with E-state index in [1.165, 1.54) is 13.8 Å². The van der Waals surface area contributed by atoms with Crippen molar-refractivity contribution in [3.05, 3.63) is 12.2 Å². The lowest BCUT2D eigenvalue weighted by molar-refractivity contribution is -0.149. The maximum absolute atomic E-state index is 11.5. The molecule has 0 bridgehead atoms. The maximum atomic E-state index is 11.5. The van der Waals surface area contributed by atoms with Crippen molar-refractivity contribution in [3.8, 4) is 0 Å². The minimum Gasteiger partial charge on any atom is -0.481 e. The number of aromatic nitrogens is 3. The van der Waals surface area contributed by atoms with Gasteiger partial charge in [0.05, 0.1) is 5.41 Å². The maximum Gasteiger partial charge on any atom is 0.309 e. The molecule has 0 fully saturated rings. The van der Waals surface area contributed by atoms with E-state index in [9.17, 15) is 9.59 Å². The smallest absolute Gasteiger partial charge is 0.309 e. The summed E-state index contributed by atoms with van der Waals surface area (Å²) in [5.74, 6) is -0.613. The van der Waals surface area contributed by atoms with Crippen LogP contribution < -0.4 is 5.32 Å². The summed E-state index contributed by atoms with van der Waals surface area (Å²) in [6.45, 7) is 3.45. The fourth-order valence-corrected chi connectivity index (χ4v) is 1.35. The summed E-state index contributed by atoms with van der Waals surface area (Å²) in [5.41, 5.74) is -1.05. The molecule has 1 aromatic rings. The van der Waals surface area contributed by atoms with Gasteiger partial charge in [-0.05, 0) is 13.8 Å². The average molecular weight is 254 g/mol. The Bertz CT molecular complexity index is 439. The van der Waals surface area contributed by atoms with E-state index in [1.807, 2.05) is 0 Å². The second-order valence-electron chi connectivity index (χ2n) is 4.80. The summed E-state index contributed by atoms with van der Waals surface area (Å²) in [4.78, 5) is 26.4. The Morgan fingerprint density at radius 2 is 2.17 bits per heavy atom. The molecule has 0 spiro atoms. The van der Waals surface area contributed by atoms with Crippen LogP contribution in [0.5, 0.6) is 0 Å². The standard InChI is InChI=1S/C11H18N4O3/c1-11(2,10(17)18)6-9(16)12-5-4-8-13-7-15(3)14-8/h7H,4-6H2,1-3H3,(H,12,16)(H,17,18). The number of amides is 1. The van der Waals surface area contributed by atoms with Crippen LogP contribution in [0.15, 0.2) is 6.33 Å². The molecule has 2 N–H and O–H groups in total. The van der Waals surface area contributed by atoms with Crippen LogP contribution in [0.3, 0.4) is 0 Å². The predicted molar refractivity (Wildman–Crippen MR) is 63.8 cm³/mol. The highest BCUT2D eigenvalue weighted by Gasteiger charge is 2.29. The highest BCUT2D eigenvalue weighted by molar-refractivity contribution is 5.84. The van der Waals surface area contributed by atoms with E-state index >= 15 is 0 Å².